The Morgan fingerprint density at radius 2 is 2.21 bits per heavy atom. The van der Waals surface area contributed by atoms with Crippen molar-refractivity contribution in [3.63, 3.8) is 0 Å². The second-order valence-electron chi connectivity index (χ2n) is 3.55. The van der Waals surface area contributed by atoms with E-state index < -0.39 is 17.8 Å². The molecule has 0 radical (unpaired) electrons. The fraction of sp³-hybridized carbons (Fsp3) is 0.182. The van der Waals surface area contributed by atoms with Gasteiger partial charge in [-0.2, -0.15) is 13.2 Å². The number of pyridine rings is 1. The highest BCUT2D eigenvalue weighted by atomic mass is 32.1. The zero-order valence-electron chi connectivity index (χ0n) is 9.44. The molecule has 0 aromatic carbocycles. The van der Waals surface area contributed by atoms with Crippen molar-refractivity contribution in [3.05, 3.63) is 46.2 Å². The molecule has 0 spiro atoms. The number of thiazole rings is 1. The van der Waals surface area contributed by atoms with E-state index >= 15 is 0 Å². The van der Waals surface area contributed by atoms with Crippen LogP contribution in [0.1, 0.15) is 21.1 Å². The Bertz CT molecular complexity index is 568. The largest absolute Gasteiger partial charge is 0.434 e. The van der Waals surface area contributed by atoms with Gasteiger partial charge in [-0.3, -0.25) is 9.78 Å². The van der Waals surface area contributed by atoms with E-state index in [4.69, 9.17) is 0 Å². The van der Waals surface area contributed by atoms with Crippen LogP contribution in [0.25, 0.3) is 0 Å². The van der Waals surface area contributed by atoms with E-state index in [1.807, 2.05) is 0 Å². The lowest BCUT2D eigenvalue weighted by molar-refractivity contribution is -0.140. The number of carbonyl (C=O) groups excluding carboxylic acids is 1. The predicted octanol–water partition coefficient (Wildman–Crippen LogP) is 2.49. The molecule has 4 nitrogen and oxygen atoms in total. The lowest BCUT2D eigenvalue weighted by atomic mass is 10.3. The van der Waals surface area contributed by atoms with Gasteiger partial charge in [-0.25, -0.2) is 4.98 Å². The molecule has 0 saturated heterocycles. The van der Waals surface area contributed by atoms with Gasteiger partial charge in [0.1, 0.15) is 5.01 Å². The standard InChI is InChI=1S/C11H8F3N3OS/c12-11(13,14)8-6-19-9(17-8)5-16-10(18)7-2-1-3-15-4-7/h1-4,6H,5H2,(H,16,18). The summed E-state index contributed by atoms with van der Waals surface area (Å²) < 4.78 is 36.9. The number of alkyl halides is 3. The normalized spacial score (nSPS) is 11.3. The fourth-order valence-corrected chi connectivity index (χ4v) is 2.02. The van der Waals surface area contributed by atoms with Crippen LogP contribution in [0.2, 0.25) is 0 Å². The van der Waals surface area contributed by atoms with Gasteiger partial charge in [0.15, 0.2) is 5.69 Å². The molecule has 1 amide bonds. The molecule has 100 valence electrons. The van der Waals surface area contributed by atoms with E-state index in [1.165, 1.54) is 12.4 Å². The van der Waals surface area contributed by atoms with Gasteiger partial charge in [0.05, 0.1) is 12.1 Å². The maximum atomic E-state index is 12.3. The molecular formula is C11H8F3N3OS. The SMILES string of the molecule is O=C(NCc1nc(C(F)(F)F)cs1)c1cccnc1. The Labute approximate surface area is 110 Å². The van der Waals surface area contributed by atoms with E-state index in [0.717, 1.165) is 16.7 Å². The third kappa shape index (κ3) is 3.50. The van der Waals surface area contributed by atoms with Crippen LogP contribution in [-0.2, 0) is 12.7 Å². The van der Waals surface area contributed by atoms with Gasteiger partial charge in [-0.15, -0.1) is 11.3 Å². The Kier molecular flexibility index (Phi) is 3.79. The molecule has 0 unspecified atom stereocenters. The average Bonchev–Trinajstić information content (AvgIpc) is 2.86. The van der Waals surface area contributed by atoms with Crippen molar-refractivity contribution in [3.8, 4) is 0 Å². The molecule has 8 heteroatoms. The molecule has 0 saturated carbocycles. The zero-order chi connectivity index (χ0) is 13.9. The molecule has 2 aromatic heterocycles. The molecule has 2 heterocycles. The second-order valence-corrected chi connectivity index (χ2v) is 4.49. The minimum Gasteiger partial charge on any atom is -0.345 e. The zero-order valence-corrected chi connectivity index (χ0v) is 10.3. The topological polar surface area (TPSA) is 54.9 Å². The molecule has 0 aliphatic rings. The van der Waals surface area contributed by atoms with Crippen molar-refractivity contribution in [2.45, 2.75) is 12.7 Å². The monoisotopic (exact) mass is 287 g/mol. The maximum absolute atomic E-state index is 12.3. The first kappa shape index (κ1) is 13.5. The summed E-state index contributed by atoms with van der Waals surface area (Å²) in [4.78, 5) is 18.8. The molecule has 0 aliphatic carbocycles. The van der Waals surface area contributed by atoms with Crippen molar-refractivity contribution in [1.29, 1.82) is 0 Å². The van der Waals surface area contributed by atoms with Crippen LogP contribution in [0.15, 0.2) is 29.9 Å². The van der Waals surface area contributed by atoms with Crippen molar-refractivity contribution in [1.82, 2.24) is 15.3 Å². The van der Waals surface area contributed by atoms with Crippen molar-refractivity contribution >= 4 is 17.2 Å². The number of nitrogens with zero attached hydrogens (tertiary/aromatic N) is 2. The number of carbonyl (C=O) groups is 1. The van der Waals surface area contributed by atoms with Crippen LogP contribution in [0.3, 0.4) is 0 Å². The van der Waals surface area contributed by atoms with Crippen LogP contribution in [0.5, 0.6) is 0 Å². The van der Waals surface area contributed by atoms with Gasteiger partial charge in [0, 0.05) is 17.8 Å². The van der Waals surface area contributed by atoms with Crippen molar-refractivity contribution in [2.75, 3.05) is 0 Å². The van der Waals surface area contributed by atoms with Gasteiger partial charge in [0.25, 0.3) is 5.91 Å². The Balaban J connectivity index is 1.96. The summed E-state index contributed by atoms with van der Waals surface area (Å²) >= 11 is 0.852. The van der Waals surface area contributed by atoms with Gasteiger partial charge in [0.2, 0.25) is 0 Å². The second kappa shape index (κ2) is 5.35. The predicted molar refractivity (Wildman–Crippen MR) is 62.5 cm³/mol. The number of rotatable bonds is 3. The van der Waals surface area contributed by atoms with E-state index in [9.17, 15) is 18.0 Å². The lowest BCUT2D eigenvalue weighted by Gasteiger charge is -2.02. The summed E-state index contributed by atoms with van der Waals surface area (Å²) in [6.07, 6.45) is -1.56. The van der Waals surface area contributed by atoms with Gasteiger partial charge in [-0.1, -0.05) is 0 Å². The maximum Gasteiger partial charge on any atom is 0.434 e. The minimum absolute atomic E-state index is 0.0471. The lowest BCUT2D eigenvalue weighted by Crippen LogP contribution is -2.22. The minimum atomic E-state index is -4.46. The van der Waals surface area contributed by atoms with E-state index in [-0.39, 0.29) is 11.6 Å². The molecule has 2 rings (SSSR count). The summed E-state index contributed by atoms with van der Waals surface area (Å²) in [5.74, 6) is -0.406. The molecular weight excluding hydrogens is 279 g/mol. The fourth-order valence-electron chi connectivity index (χ4n) is 1.28. The summed E-state index contributed by atoms with van der Waals surface area (Å²) in [5, 5.41) is 3.60. The first-order valence-electron chi connectivity index (χ1n) is 5.16. The summed E-state index contributed by atoms with van der Waals surface area (Å²) in [6.45, 7) is -0.0471. The molecule has 0 bridgehead atoms. The summed E-state index contributed by atoms with van der Waals surface area (Å²) in [5.41, 5.74) is -0.599. The first-order valence-corrected chi connectivity index (χ1v) is 6.04. The third-order valence-corrected chi connectivity index (χ3v) is 3.01. The number of amides is 1. The van der Waals surface area contributed by atoms with Gasteiger partial charge in [-0.05, 0) is 12.1 Å². The Hall–Kier alpha value is -1.96. The number of hydrogen-bond donors (Lipinski definition) is 1. The molecule has 0 aliphatic heterocycles. The van der Waals surface area contributed by atoms with Gasteiger partial charge < -0.3 is 5.32 Å². The average molecular weight is 287 g/mol. The first-order chi connectivity index (χ1) is 8.97. The molecule has 0 fully saturated rings. The van der Waals surface area contributed by atoms with Crippen LogP contribution in [0, 0.1) is 0 Å². The van der Waals surface area contributed by atoms with Crippen molar-refractivity contribution in [2.24, 2.45) is 0 Å². The highest BCUT2D eigenvalue weighted by molar-refractivity contribution is 7.09. The third-order valence-electron chi connectivity index (χ3n) is 2.17. The van der Waals surface area contributed by atoms with E-state index in [0.29, 0.717) is 5.56 Å². The number of halogens is 3. The molecule has 1 N–H and O–H groups in total. The molecule has 0 atom stereocenters. The van der Waals surface area contributed by atoms with E-state index in [2.05, 4.69) is 15.3 Å². The highest BCUT2D eigenvalue weighted by Gasteiger charge is 2.33. The summed E-state index contributed by atoms with van der Waals surface area (Å²) in [7, 11) is 0. The number of nitrogens with one attached hydrogen (secondary N) is 1. The number of aromatic nitrogens is 2. The van der Waals surface area contributed by atoms with Crippen LogP contribution in [-0.4, -0.2) is 15.9 Å². The van der Waals surface area contributed by atoms with Crippen LogP contribution >= 0.6 is 11.3 Å². The Morgan fingerprint density at radius 3 is 2.79 bits per heavy atom. The Morgan fingerprint density at radius 1 is 1.42 bits per heavy atom. The smallest absolute Gasteiger partial charge is 0.345 e. The summed E-state index contributed by atoms with van der Waals surface area (Å²) in [6, 6.07) is 3.16. The highest BCUT2D eigenvalue weighted by Crippen LogP contribution is 2.29. The van der Waals surface area contributed by atoms with Gasteiger partial charge >= 0.3 is 6.18 Å². The van der Waals surface area contributed by atoms with Crippen LogP contribution < -0.4 is 5.32 Å². The van der Waals surface area contributed by atoms with Crippen molar-refractivity contribution < 1.29 is 18.0 Å². The molecule has 19 heavy (non-hydrogen) atoms. The van der Waals surface area contributed by atoms with Crippen LogP contribution in [0.4, 0.5) is 13.2 Å². The van der Waals surface area contributed by atoms with E-state index in [1.54, 1.807) is 12.1 Å². The quantitative estimate of drug-likeness (QED) is 0.943. The molecule has 2 aromatic rings. The number of hydrogen-bond acceptors (Lipinski definition) is 4.